The predicted molar refractivity (Wildman–Crippen MR) is 119 cm³/mol. The van der Waals surface area contributed by atoms with E-state index in [0.29, 0.717) is 24.7 Å². The summed E-state index contributed by atoms with van der Waals surface area (Å²) in [6, 6.07) is 9.88. The summed E-state index contributed by atoms with van der Waals surface area (Å²) in [5.41, 5.74) is 3.39. The lowest BCUT2D eigenvalue weighted by molar-refractivity contribution is 0.200. The van der Waals surface area contributed by atoms with Crippen LogP contribution in [-0.4, -0.2) is 37.7 Å². The van der Waals surface area contributed by atoms with E-state index in [1.165, 1.54) is 19.2 Å². The molecule has 0 spiro atoms. The molecule has 1 aliphatic carbocycles. The van der Waals surface area contributed by atoms with Gasteiger partial charge in [-0.2, -0.15) is 4.98 Å². The van der Waals surface area contributed by atoms with Gasteiger partial charge in [-0.3, -0.25) is 4.98 Å². The molecule has 1 aliphatic rings. The number of hydrogen-bond acceptors (Lipinski definition) is 7. The van der Waals surface area contributed by atoms with Gasteiger partial charge in [-0.15, -0.1) is 0 Å². The Morgan fingerprint density at radius 3 is 2.75 bits per heavy atom. The maximum atomic E-state index is 6.25. The van der Waals surface area contributed by atoms with Crippen LogP contribution in [0.4, 0.5) is 0 Å². The van der Waals surface area contributed by atoms with E-state index in [1.807, 2.05) is 34.9 Å². The molecule has 3 heterocycles. The fourth-order valence-electron chi connectivity index (χ4n) is 4.04. The Hall–Kier alpha value is -3.68. The molecule has 8 nitrogen and oxygen atoms in total. The van der Waals surface area contributed by atoms with E-state index in [4.69, 9.17) is 14.2 Å². The Kier molecular flexibility index (Phi) is 5.83. The van der Waals surface area contributed by atoms with Gasteiger partial charge in [0.05, 0.1) is 19.5 Å². The van der Waals surface area contributed by atoms with Gasteiger partial charge in [-0.05, 0) is 49.4 Å². The minimum atomic E-state index is 0.258. The summed E-state index contributed by atoms with van der Waals surface area (Å²) in [5, 5.41) is 0. The SMILES string of the molecule is COc1ccc(Cn2cnc3ncnc(OCc4cccnc4)c32)cc1OC1CCCC1. The van der Waals surface area contributed by atoms with Gasteiger partial charge in [0.25, 0.3) is 0 Å². The number of imidazole rings is 1. The molecule has 5 rings (SSSR count). The number of nitrogens with zero attached hydrogens (tertiary/aromatic N) is 5. The summed E-state index contributed by atoms with van der Waals surface area (Å²) >= 11 is 0. The molecule has 0 unspecified atom stereocenters. The highest BCUT2D eigenvalue weighted by Crippen LogP contribution is 2.33. The molecule has 1 fully saturated rings. The van der Waals surface area contributed by atoms with Crippen LogP contribution in [-0.2, 0) is 13.2 Å². The molecular weight excluding hydrogens is 406 g/mol. The number of methoxy groups -OCH3 is 1. The van der Waals surface area contributed by atoms with Crippen molar-refractivity contribution < 1.29 is 14.2 Å². The van der Waals surface area contributed by atoms with E-state index < -0.39 is 0 Å². The van der Waals surface area contributed by atoms with Crippen molar-refractivity contribution in [3.05, 3.63) is 66.5 Å². The molecule has 0 saturated heterocycles. The van der Waals surface area contributed by atoms with Crippen LogP contribution in [0.15, 0.2) is 55.4 Å². The first-order valence-electron chi connectivity index (χ1n) is 10.8. The van der Waals surface area contributed by atoms with Crippen LogP contribution in [0.2, 0.25) is 0 Å². The van der Waals surface area contributed by atoms with Crippen LogP contribution < -0.4 is 14.2 Å². The van der Waals surface area contributed by atoms with Crippen molar-refractivity contribution in [1.82, 2.24) is 24.5 Å². The summed E-state index contributed by atoms with van der Waals surface area (Å²) in [5.74, 6) is 2.03. The topological polar surface area (TPSA) is 84.2 Å². The van der Waals surface area contributed by atoms with Crippen LogP contribution >= 0.6 is 0 Å². The van der Waals surface area contributed by atoms with Crippen molar-refractivity contribution in [3.63, 3.8) is 0 Å². The van der Waals surface area contributed by atoms with Crippen LogP contribution in [0, 0.1) is 0 Å². The smallest absolute Gasteiger partial charge is 0.243 e. The van der Waals surface area contributed by atoms with E-state index in [1.54, 1.807) is 25.8 Å². The number of aromatic nitrogens is 5. The summed E-state index contributed by atoms with van der Waals surface area (Å²) in [7, 11) is 1.67. The second-order valence-corrected chi connectivity index (χ2v) is 7.88. The molecular formula is C24H25N5O3. The van der Waals surface area contributed by atoms with Gasteiger partial charge in [-0.25, -0.2) is 9.97 Å². The van der Waals surface area contributed by atoms with Crippen molar-refractivity contribution in [1.29, 1.82) is 0 Å². The molecule has 0 bridgehead atoms. The Labute approximate surface area is 186 Å². The lowest BCUT2D eigenvalue weighted by atomic mass is 10.2. The second-order valence-electron chi connectivity index (χ2n) is 7.88. The number of pyridine rings is 1. The summed E-state index contributed by atoms with van der Waals surface area (Å²) in [6.45, 7) is 0.950. The van der Waals surface area contributed by atoms with Crippen molar-refractivity contribution >= 4 is 11.2 Å². The first kappa shape index (κ1) is 20.2. The molecule has 4 aromatic rings. The van der Waals surface area contributed by atoms with Gasteiger partial charge in [-0.1, -0.05) is 12.1 Å². The van der Waals surface area contributed by atoms with Gasteiger partial charge in [0, 0.05) is 24.5 Å². The predicted octanol–water partition coefficient (Wildman–Crippen LogP) is 4.18. The second kappa shape index (κ2) is 9.21. The zero-order valence-corrected chi connectivity index (χ0v) is 18.0. The highest BCUT2D eigenvalue weighted by molar-refractivity contribution is 5.76. The first-order valence-corrected chi connectivity index (χ1v) is 10.8. The van der Waals surface area contributed by atoms with Crippen LogP contribution in [0.1, 0.15) is 36.8 Å². The van der Waals surface area contributed by atoms with Crippen molar-refractivity contribution in [2.24, 2.45) is 0 Å². The maximum Gasteiger partial charge on any atom is 0.243 e. The van der Waals surface area contributed by atoms with E-state index in [-0.39, 0.29) is 6.10 Å². The third kappa shape index (κ3) is 4.34. The summed E-state index contributed by atoms with van der Waals surface area (Å²) in [6.07, 6.45) is 11.6. The van der Waals surface area contributed by atoms with Crippen molar-refractivity contribution in [2.75, 3.05) is 7.11 Å². The monoisotopic (exact) mass is 431 g/mol. The molecule has 1 aromatic carbocycles. The van der Waals surface area contributed by atoms with Crippen molar-refractivity contribution in [2.45, 2.75) is 44.9 Å². The summed E-state index contributed by atoms with van der Waals surface area (Å²) in [4.78, 5) is 17.2. The Morgan fingerprint density at radius 2 is 1.94 bits per heavy atom. The van der Waals surface area contributed by atoms with E-state index in [0.717, 1.165) is 41.0 Å². The standard InChI is InChI=1S/C24H25N5O3/c1-30-20-9-8-17(11-21(20)32-19-6-2-3-7-19)13-29-16-28-23-22(29)24(27-15-26-23)31-14-18-5-4-10-25-12-18/h4-5,8-12,15-16,19H,2-3,6-7,13-14H2,1H3. The molecule has 0 atom stereocenters. The number of rotatable bonds is 8. The third-order valence-corrected chi connectivity index (χ3v) is 5.65. The lowest BCUT2D eigenvalue weighted by Gasteiger charge is -2.17. The highest BCUT2D eigenvalue weighted by Gasteiger charge is 2.19. The van der Waals surface area contributed by atoms with Gasteiger partial charge in [0.2, 0.25) is 5.88 Å². The van der Waals surface area contributed by atoms with Gasteiger partial charge in [0.15, 0.2) is 22.7 Å². The average Bonchev–Trinajstić information content (AvgIpc) is 3.49. The molecule has 164 valence electrons. The molecule has 32 heavy (non-hydrogen) atoms. The molecule has 0 radical (unpaired) electrons. The Balaban J connectivity index is 1.40. The molecule has 8 heteroatoms. The fraction of sp³-hybridized carbons (Fsp3) is 0.333. The average molecular weight is 431 g/mol. The minimum absolute atomic E-state index is 0.258. The highest BCUT2D eigenvalue weighted by atomic mass is 16.5. The normalized spacial score (nSPS) is 14.0. The number of hydrogen-bond donors (Lipinski definition) is 0. The van der Waals surface area contributed by atoms with Crippen molar-refractivity contribution in [3.8, 4) is 17.4 Å². The largest absolute Gasteiger partial charge is 0.493 e. The Morgan fingerprint density at radius 1 is 1.03 bits per heavy atom. The van der Waals surface area contributed by atoms with Crippen LogP contribution in [0.3, 0.4) is 0 Å². The first-order chi connectivity index (χ1) is 15.8. The Bertz CT molecular complexity index is 1190. The van der Waals surface area contributed by atoms with Gasteiger partial charge in [0.1, 0.15) is 12.9 Å². The quantitative estimate of drug-likeness (QED) is 0.414. The van der Waals surface area contributed by atoms with E-state index >= 15 is 0 Å². The maximum absolute atomic E-state index is 6.25. The van der Waals surface area contributed by atoms with Crippen LogP contribution in [0.5, 0.6) is 17.4 Å². The molecule has 3 aromatic heterocycles. The zero-order chi connectivity index (χ0) is 21.8. The molecule has 0 N–H and O–H groups in total. The lowest BCUT2D eigenvalue weighted by Crippen LogP contribution is -2.12. The zero-order valence-electron chi connectivity index (χ0n) is 18.0. The van der Waals surface area contributed by atoms with Crippen LogP contribution in [0.25, 0.3) is 11.2 Å². The molecule has 0 aliphatic heterocycles. The minimum Gasteiger partial charge on any atom is -0.493 e. The number of ether oxygens (including phenoxy) is 3. The fourth-order valence-corrected chi connectivity index (χ4v) is 4.04. The van der Waals surface area contributed by atoms with Gasteiger partial charge >= 0.3 is 0 Å². The molecule has 0 amide bonds. The number of benzene rings is 1. The van der Waals surface area contributed by atoms with E-state index in [2.05, 4.69) is 19.9 Å². The molecule has 1 saturated carbocycles. The summed E-state index contributed by atoms with van der Waals surface area (Å²) < 4.78 is 19.8. The number of fused-ring (bicyclic) bond motifs is 1. The van der Waals surface area contributed by atoms with E-state index in [9.17, 15) is 0 Å². The third-order valence-electron chi connectivity index (χ3n) is 5.65. The van der Waals surface area contributed by atoms with Gasteiger partial charge < -0.3 is 18.8 Å².